The molecular formula is C11H22N2O2. The van der Waals surface area contributed by atoms with E-state index in [-0.39, 0.29) is 5.97 Å². The average molecular weight is 214 g/mol. The van der Waals surface area contributed by atoms with Gasteiger partial charge in [-0.05, 0) is 33.0 Å². The molecule has 0 aliphatic carbocycles. The molecular weight excluding hydrogens is 192 g/mol. The van der Waals surface area contributed by atoms with Crippen LogP contribution in [-0.2, 0) is 9.53 Å². The average Bonchev–Trinajstić information content (AvgIpc) is 2.27. The number of carbonyl (C=O) groups excluding carboxylic acids is 1. The van der Waals surface area contributed by atoms with Gasteiger partial charge in [0, 0.05) is 13.1 Å². The van der Waals surface area contributed by atoms with Crippen molar-refractivity contribution < 1.29 is 9.53 Å². The maximum Gasteiger partial charge on any atom is 0.319 e. The van der Waals surface area contributed by atoms with E-state index >= 15 is 0 Å². The number of carbonyl (C=O) groups is 1. The standard InChI is InChI=1S/C11H22N2O2/c1-12(10-11(14)15-2)8-9-13-6-4-3-5-7-13/h3-10H2,1-2H3. The highest BCUT2D eigenvalue weighted by Crippen LogP contribution is 2.07. The zero-order chi connectivity index (χ0) is 11.1. The Morgan fingerprint density at radius 3 is 2.60 bits per heavy atom. The molecule has 0 N–H and O–H groups in total. The minimum Gasteiger partial charge on any atom is -0.468 e. The molecule has 0 amide bonds. The van der Waals surface area contributed by atoms with Gasteiger partial charge in [0.2, 0.25) is 0 Å². The lowest BCUT2D eigenvalue weighted by Gasteiger charge is -2.28. The van der Waals surface area contributed by atoms with E-state index in [0.29, 0.717) is 6.54 Å². The molecule has 1 heterocycles. The number of hydrogen-bond donors (Lipinski definition) is 0. The van der Waals surface area contributed by atoms with Gasteiger partial charge < -0.3 is 9.64 Å². The third-order valence-corrected chi connectivity index (χ3v) is 2.87. The largest absolute Gasteiger partial charge is 0.468 e. The fraction of sp³-hybridized carbons (Fsp3) is 0.909. The number of ether oxygens (including phenoxy) is 1. The van der Waals surface area contributed by atoms with E-state index in [9.17, 15) is 4.79 Å². The van der Waals surface area contributed by atoms with E-state index < -0.39 is 0 Å². The number of methoxy groups -OCH3 is 1. The summed E-state index contributed by atoms with van der Waals surface area (Å²) in [7, 11) is 3.39. The number of likely N-dealkylation sites (N-methyl/N-ethyl adjacent to an activating group) is 1. The van der Waals surface area contributed by atoms with Crippen molar-refractivity contribution in [1.82, 2.24) is 9.80 Å². The molecule has 0 aromatic heterocycles. The molecule has 1 fully saturated rings. The van der Waals surface area contributed by atoms with Crippen LogP contribution in [0, 0.1) is 0 Å². The highest BCUT2D eigenvalue weighted by atomic mass is 16.5. The van der Waals surface area contributed by atoms with Crippen molar-refractivity contribution in [3.05, 3.63) is 0 Å². The Labute approximate surface area is 92.2 Å². The Balaban J connectivity index is 2.09. The molecule has 0 aromatic carbocycles. The molecule has 0 saturated carbocycles. The Morgan fingerprint density at radius 1 is 1.33 bits per heavy atom. The third-order valence-electron chi connectivity index (χ3n) is 2.87. The van der Waals surface area contributed by atoms with Crippen LogP contribution in [0.5, 0.6) is 0 Å². The van der Waals surface area contributed by atoms with E-state index in [0.717, 1.165) is 13.1 Å². The van der Waals surface area contributed by atoms with Gasteiger partial charge in [-0.3, -0.25) is 9.69 Å². The molecule has 0 aromatic rings. The van der Waals surface area contributed by atoms with Crippen molar-refractivity contribution in [2.45, 2.75) is 19.3 Å². The molecule has 4 heteroatoms. The Hall–Kier alpha value is -0.610. The number of likely N-dealkylation sites (tertiary alicyclic amines) is 1. The zero-order valence-electron chi connectivity index (χ0n) is 9.87. The zero-order valence-corrected chi connectivity index (χ0v) is 9.87. The van der Waals surface area contributed by atoms with Crippen molar-refractivity contribution in [3.63, 3.8) is 0 Å². The van der Waals surface area contributed by atoms with E-state index in [1.807, 2.05) is 11.9 Å². The minimum atomic E-state index is -0.156. The molecule has 0 bridgehead atoms. The Morgan fingerprint density at radius 2 is 2.00 bits per heavy atom. The lowest BCUT2D eigenvalue weighted by Crippen LogP contribution is -2.38. The maximum atomic E-state index is 11.0. The van der Waals surface area contributed by atoms with Gasteiger partial charge >= 0.3 is 5.97 Å². The lowest BCUT2D eigenvalue weighted by atomic mass is 10.1. The summed E-state index contributed by atoms with van der Waals surface area (Å²) in [6.45, 7) is 4.82. The first-order chi connectivity index (χ1) is 7.22. The molecule has 0 unspecified atom stereocenters. The molecule has 1 aliphatic rings. The van der Waals surface area contributed by atoms with Crippen molar-refractivity contribution in [1.29, 1.82) is 0 Å². The summed E-state index contributed by atoms with van der Waals surface area (Å²) >= 11 is 0. The highest BCUT2D eigenvalue weighted by Gasteiger charge is 2.11. The molecule has 88 valence electrons. The summed E-state index contributed by atoms with van der Waals surface area (Å²) < 4.78 is 4.62. The first-order valence-electron chi connectivity index (χ1n) is 5.70. The quantitative estimate of drug-likeness (QED) is 0.627. The van der Waals surface area contributed by atoms with Gasteiger partial charge in [-0.2, -0.15) is 0 Å². The smallest absolute Gasteiger partial charge is 0.319 e. The first kappa shape index (κ1) is 12.5. The fourth-order valence-corrected chi connectivity index (χ4v) is 1.86. The highest BCUT2D eigenvalue weighted by molar-refractivity contribution is 5.71. The van der Waals surface area contributed by atoms with Crippen LogP contribution in [0.2, 0.25) is 0 Å². The predicted octanol–water partition coefficient (Wildman–Crippen LogP) is 0.577. The van der Waals surface area contributed by atoms with Crippen LogP contribution in [-0.4, -0.2) is 62.7 Å². The molecule has 1 aliphatic heterocycles. The summed E-state index contributed by atoms with van der Waals surface area (Å²) in [6.07, 6.45) is 4.01. The molecule has 0 spiro atoms. The predicted molar refractivity (Wildman–Crippen MR) is 59.8 cm³/mol. The molecule has 1 saturated heterocycles. The first-order valence-corrected chi connectivity index (χ1v) is 5.70. The van der Waals surface area contributed by atoms with Crippen LogP contribution in [0.25, 0.3) is 0 Å². The SMILES string of the molecule is COC(=O)CN(C)CCN1CCCCC1. The lowest BCUT2D eigenvalue weighted by molar-refractivity contribution is -0.141. The van der Waals surface area contributed by atoms with Crippen LogP contribution < -0.4 is 0 Å². The van der Waals surface area contributed by atoms with Crippen molar-refractivity contribution in [2.24, 2.45) is 0 Å². The van der Waals surface area contributed by atoms with Gasteiger partial charge in [0.15, 0.2) is 0 Å². The number of esters is 1. The van der Waals surface area contributed by atoms with Crippen molar-refractivity contribution in [2.75, 3.05) is 46.9 Å². The number of nitrogens with zero attached hydrogens (tertiary/aromatic N) is 2. The minimum absolute atomic E-state index is 0.156. The summed E-state index contributed by atoms with van der Waals surface area (Å²) in [4.78, 5) is 15.5. The summed E-state index contributed by atoms with van der Waals surface area (Å²) in [6, 6.07) is 0. The van der Waals surface area contributed by atoms with Crippen LogP contribution in [0.1, 0.15) is 19.3 Å². The van der Waals surface area contributed by atoms with Crippen LogP contribution >= 0.6 is 0 Å². The van der Waals surface area contributed by atoms with Crippen molar-refractivity contribution >= 4 is 5.97 Å². The monoisotopic (exact) mass is 214 g/mol. The normalized spacial score (nSPS) is 18.1. The summed E-state index contributed by atoms with van der Waals surface area (Å²) in [5.41, 5.74) is 0. The maximum absolute atomic E-state index is 11.0. The number of hydrogen-bond acceptors (Lipinski definition) is 4. The molecule has 0 atom stereocenters. The van der Waals surface area contributed by atoms with Crippen LogP contribution in [0.4, 0.5) is 0 Å². The topological polar surface area (TPSA) is 32.8 Å². The summed E-state index contributed by atoms with van der Waals surface area (Å²) in [5.74, 6) is -0.156. The Kier molecular flexibility index (Phi) is 5.65. The van der Waals surface area contributed by atoms with Gasteiger partial charge in [-0.25, -0.2) is 0 Å². The van der Waals surface area contributed by atoms with E-state index in [4.69, 9.17) is 0 Å². The van der Waals surface area contributed by atoms with Gasteiger partial charge in [-0.15, -0.1) is 0 Å². The third kappa shape index (κ3) is 5.14. The molecule has 4 nitrogen and oxygen atoms in total. The van der Waals surface area contributed by atoms with Gasteiger partial charge in [0.05, 0.1) is 13.7 Å². The second-order valence-corrected chi connectivity index (χ2v) is 4.22. The van der Waals surface area contributed by atoms with Crippen LogP contribution in [0.15, 0.2) is 0 Å². The fourth-order valence-electron chi connectivity index (χ4n) is 1.86. The van der Waals surface area contributed by atoms with Crippen molar-refractivity contribution in [3.8, 4) is 0 Å². The van der Waals surface area contributed by atoms with Gasteiger partial charge in [0.1, 0.15) is 0 Å². The second kappa shape index (κ2) is 6.80. The second-order valence-electron chi connectivity index (χ2n) is 4.22. The Bertz CT molecular complexity index is 191. The molecule has 15 heavy (non-hydrogen) atoms. The van der Waals surface area contributed by atoms with Gasteiger partial charge in [-0.1, -0.05) is 6.42 Å². The molecule has 0 radical (unpaired) electrons. The van der Waals surface area contributed by atoms with E-state index in [1.165, 1.54) is 39.5 Å². The number of piperidine rings is 1. The van der Waals surface area contributed by atoms with E-state index in [2.05, 4.69) is 9.64 Å². The number of rotatable bonds is 5. The van der Waals surface area contributed by atoms with Crippen LogP contribution in [0.3, 0.4) is 0 Å². The van der Waals surface area contributed by atoms with E-state index in [1.54, 1.807) is 0 Å². The van der Waals surface area contributed by atoms with Gasteiger partial charge in [0.25, 0.3) is 0 Å². The summed E-state index contributed by atoms with van der Waals surface area (Å²) in [5, 5.41) is 0. The molecule has 1 rings (SSSR count).